The monoisotopic (exact) mass is 1120 g/mol. The van der Waals surface area contributed by atoms with Crippen LogP contribution in [0.5, 0.6) is 0 Å². The van der Waals surface area contributed by atoms with Crippen molar-refractivity contribution in [2.45, 2.75) is 19.6 Å². The Balaban J connectivity index is 0.000000427. The topological polar surface area (TPSA) is 434 Å². The van der Waals surface area contributed by atoms with E-state index in [0.29, 0.717) is 9.36 Å². The Hall–Kier alpha value is -5.76. The van der Waals surface area contributed by atoms with Crippen molar-refractivity contribution in [2.24, 2.45) is 20.5 Å². The summed E-state index contributed by atoms with van der Waals surface area (Å²) in [5.74, 6) is -3.59. The number of nitrogens with zero attached hydrogens (tertiary/aromatic N) is 6. The molecule has 0 aliphatic heterocycles. The zero-order valence-electron chi connectivity index (χ0n) is 30.8. The molecule has 65 heavy (non-hydrogen) atoms. The van der Waals surface area contributed by atoms with Gasteiger partial charge in [0.15, 0.2) is 11.4 Å². The van der Waals surface area contributed by atoms with Crippen LogP contribution in [0.4, 0.5) is 22.7 Å². The second-order valence-corrected chi connectivity index (χ2v) is 17.2. The number of benzene rings is 4. The summed E-state index contributed by atoms with van der Waals surface area (Å²) in [6, 6.07) is 16.3. The third kappa shape index (κ3) is 13.6. The number of carbonyl (C=O) groups is 2. The van der Waals surface area contributed by atoms with Crippen molar-refractivity contribution in [3.8, 4) is 11.4 Å². The van der Waals surface area contributed by atoms with Crippen molar-refractivity contribution in [1.82, 2.24) is 19.6 Å². The minimum Gasteiger partial charge on any atom is -0.744 e. The molecule has 0 bridgehead atoms. The van der Waals surface area contributed by atoms with Crippen molar-refractivity contribution < 1.29 is 123 Å². The molecule has 4 aromatic carbocycles. The van der Waals surface area contributed by atoms with Crippen molar-refractivity contribution in [3.63, 3.8) is 0 Å². The summed E-state index contributed by atoms with van der Waals surface area (Å²) in [7, 11) is -18.8. The van der Waals surface area contributed by atoms with Crippen molar-refractivity contribution in [2.75, 3.05) is 0 Å². The Morgan fingerprint density at radius 1 is 0.415 bits per heavy atom. The van der Waals surface area contributed by atoms with Gasteiger partial charge in [-0.15, -0.1) is 10.2 Å². The molecule has 0 amide bonds. The largest absolute Gasteiger partial charge is 2.00 e. The summed E-state index contributed by atoms with van der Waals surface area (Å²) in [4.78, 5) is 45.7. The fraction of sp³-hybridized carbons (Fsp3) is 0. The van der Waals surface area contributed by atoms with Crippen LogP contribution in [0.15, 0.2) is 147 Å². The van der Waals surface area contributed by atoms with Crippen LogP contribution in [0.3, 0.4) is 0 Å². The quantitative estimate of drug-likeness (QED) is 0.0886. The second kappa shape index (κ2) is 21.5. The number of hydrogen-bond acceptors (Lipinski definition) is 22. The van der Waals surface area contributed by atoms with Crippen LogP contribution < -0.4 is 21.3 Å². The molecular formula is C32H18Cu3N8O18S4. The van der Waals surface area contributed by atoms with Gasteiger partial charge < -0.3 is 38.0 Å². The standard InChI is InChI=1S/2C16H12N4O9S2.3Cu/c2*21-15-13(18-17-9-1-5-11(6-2-9)30(24,25)26)14(16(22)23)19-20(15)10-3-7-12(8-4-10)31(27,28)29;;;/h2*1-8,19H,(H,22,23)(H,24,25,26)(H,27,28,29);;;/q;;3*+2/p-6. The van der Waals surface area contributed by atoms with Gasteiger partial charge in [-0.2, -0.15) is 10.2 Å². The number of azo groups is 2. The van der Waals surface area contributed by atoms with Gasteiger partial charge in [0.25, 0.3) is 11.1 Å². The molecule has 2 aromatic heterocycles. The van der Waals surface area contributed by atoms with Gasteiger partial charge in [0.2, 0.25) is 0 Å². The van der Waals surface area contributed by atoms with E-state index in [1.165, 1.54) is 0 Å². The molecule has 0 aliphatic rings. The van der Waals surface area contributed by atoms with Crippen LogP contribution in [-0.2, 0) is 91.7 Å². The number of nitrogens with one attached hydrogen (secondary N) is 2. The van der Waals surface area contributed by atoms with Crippen molar-refractivity contribution in [3.05, 3.63) is 129 Å². The average molecular weight is 1120 g/mol. The van der Waals surface area contributed by atoms with Crippen LogP contribution in [-0.4, -0.2) is 83.4 Å². The molecule has 2 N–H and O–H groups in total. The molecule has 0 fully saturated rings. The SMILES string of the molecule is O=C([O-])c1[nH]n(-c2ccc(S(=O)(=O)[O-])cc2)c(=O)c1N=Nc1ccc(S(=O)(=O)[O-])cc1.O=C([O-])c1[nH]n(-c2ccc(S(=O)(=O)[O-])cc2)c(=O)c1N=Nc1ccc(S(=O)(=O)[O-])cc1.[Cu+2].[Cu+2].[Cu+2]. The number of hydrogen-bond donors (Lipinski definition) is 2. The number of carbonyl (C=O) groups excluding carboxylic acids is 2. The van der Waals surface area contributed by atoms with E-state index in [1.54, 1.807) is 0 Å². The molecule has 3 radical (unpaired) electrons. The Bertz CT molecular complexity index is 3150. The van der Waals surface area contributed by atoms with E-state index < -0.39 is 106 Å². The van der Waals surface area contributed by atoms with E-state index in [1.807, 2.05) is 0 Å². The third-order valence-corrected chi connectivity index (χ3v) is 11.1. The zero-order valence-corrected chi connectivity index (χ0v) is 36.9. The van der Waals surface area contributed by atoms with Crippen LogP contribution in [0.25, 0.3) is 11.4 Å². The number of H-pyrrole nitrogens is 2. The van der Waals surface area contributed by atoms with Crippen molar-refractivity contribution in [1.29, 1.82) is 0 Å². The smallest absolute Gasteiger partial charge is 0.744 e. The van der Waals surface area contributed by atoms with E-state index in [0.717, 1.165) is 97.1 Å². The first kappa shape index (κ1) is 55.4. The Kier molecular flexibility index (Phi) is 18.3. The summed E-state index contributed by atoms with van der Waals surface area (Å²) in [5, 5.41) is 41.6. The summed E-state index contributed by atoms with van der Waals surface area (Å²) in [5.41, 5.74) is -4.79. The summed E-state index contributed by atoms with van der Waals surface area (Å²) in [6.07, 6.45) is 0. The molecular weight excluding hydrogens is 1100 g/mol. The normalized spacial score (nSPS) is 11.8. The first-order chi connectivity index (χ1) is 28.8. The Labute approximate surface area is 395 Å². The summed E-state index contributed by atoms with van der Waals surface area (Å²) in [6.45, 7) is 0. The van der Waals surface area contributed by atoms with Crippen LogP contribution in [0.2, 0.25) is 0 Å². The first-order valence-electron chi connectivity index (χ1n) is 16.0. The zero-order chi connectivity index (χ0) is 45.9. The van der Waals surface area contributed by atoms with Crippen LogP contribution in [0, 0.1) is 0 Å². The molecule has 0 atom stereocenters. The van der Waals surface area contributed by atoms with Crippen LogP contribution in [0.1, 0.15) is 21.0 Å². The van der Waals surface area contributed by atoms with Gasteiger partial charge in [-0.05, 0) is 97.1 Å². The van der Waals surface area contributed by atoms with E-state index in [4.69, 9.17) is 0 Å². The van der Waals surface area contributed by atoms with Crippen molar-refractivity contribution >= 4 is 75.2 Å². The Morgan fingerprint density at radius 3 is 0.862 bits per heavy atom. The molecule has 26 nitrogen and oxygen atoms in total. The predicted molar refractivity (Wildman–Crippen MR) is 195 cm³/mol. The van der Waals surface area contributed by atoms with Crippen LogP contribution >= 0.6 is 0 Å². The maximum absolute atomic E-state index is 12.6. The molecule has 0 unspecified atom stereocenters. The minimum absolute atomic E-state index is 0. The molecule has 6 aromatic rings. The maximum atomic E-state index is 12.6. The average Bonchev–Trinajstić information content (AvgIpc) is 3.71. The summed E-state index contributed by atoms with van der Waals surface area (Å²) < 4.78 is 133. The third-order valence-electron chi connectivity index (χ3n) is 7.69. The van der Waals surface area contributed by atoms with Gasteiger partial charge in [0, 0.05) is 0 Å². The number of aromatic amines is 2. The molecule has 0 saturated carbocycles. The Morgan fingerprint density at radius 2 is 0.646 bits per heavy atom. The van der Waals surface area contributed by atoms with Gasteiger partial charge in [0.1, 0.15) is 51.9 Å². The molecule has 33 heteroatoms. The molecule has 0 saturated heterocycles. The number of aromatic carboxylic acids is 2. The number of carboxylic acid groups (broad SMARTS) is 2. The number of carboxylic acids is 2. The molecule has 0 aliphatic carbocycles. The van der Waals surface area contributed by atoms with Gasteiger partial charge in [-0.1, -0.05) is 0 Å². The first-order valence-corrected chi connectivity index (χ1v) is 21.6. The molecule has 351 valence electrons. The number of aromatic nitrogens is 4. The van der Waals surface area contributed by atoms with Gasteiger partial charge in [-0.25, -0.2) is 43.0 Å². The van der Waals surface area contributed by atoms with E-state index in [9.17, 15) is 81.3 Å². The second-order valence-electron chi connectivity index (χ2n) is 11.7. The van der Waals surface area contributed by atoms with Gasteiger partial charge in [-0.3, -0.25) is 19.8 Å². The van der Waals surface area contributed by atoms with E-state index in [2.05, 4.69) is 30.7 Å². The molecule has 0 spiro atoms. The number of rotatable bonds is 12. The van der Waals surface area contributed by atoms with E-state index >= 15 is 0 Å². The molecule has 2 heterocycles. The fourth-order valence-corrected chi connectivity index (χ4v) is 6.67. The van der Waals surface area contributed by atoms with Gasteiger partial charge >= 0.3 is 51.2 Å². The predicted octanol–water partition coefficient (Wildman–Crippen LogP) is -0.502. The van der Waals surface area contributed by atoms with Gasteiger partial charge in [0.05, 0.1) is 54.3 Å². The maximum Gasteiger partial charge on any atom is 2.00 e. The van der Waals surface area contributed by atoms with E-state index in [-0.39, 0.29) is 74.0 Å². The molecule has 6 rings (SSSR count). The summed E-state index contributed by atoms with van der Waals surface area (Å²) >= 11 is 0. The fourth-order valence-electron chi connectivity index (χ4n) is 4.79. The minimum atomic E-state index is -4.72.